The molecule has 2 aromatic carbocycles. The lowest BCUT2D eigenvalue weighted by atomic mass is 10.1. The molecule has 3 rings (SSSR count). The number of rotatable bonds is 13. The number of benzene rings is 2. The van der Waals surface area contributed by atoms with Crippen LogP contribution in [-0.4, -0.2) is 44.7 Å². The largest absolute Gasteiger partial charge is 0.493 e. The molecule has 0 N–H and O–H groups in total. The number of amidine groups is 1. The van der Waals surface area contributed by atoms with Crippen LogP contribution in [0.2, 0.25) is 0 Å². The van der Waals surface area contributed by atoms with Gasteiger partial charge in [0, 0.05) is 6.54 Å². The van der Waals surface area contributed by atoms with Crippen LogP contribution in [0.4, 0.5) is 4.39 Å². The highest BCUT2D eigenvalue weighted by Crippen LogP contribution is 2.35. The van der Waals surface area contributed by atoms with E-state index in [-0.39, 0.29) is 16.6 Å². The summed E-state index contributed by atoms with van der Waals surface area (Å²) in [6.45, 7) is 6.45. The molecule has 0 unspecified atom stereocenters. The van der Waals surface area contributed by atoms with Gasteiger partial charge in [-0.2, -0.15) is 8.42 Å². The summed E-state index contributed by atoms with van der Waals surface area (Å²) in [5.41, 5.74) is 0.693. The van der Waals surface area contributed by atoms with Crippen molar-refractivity contribution in [2.24, 2.45) is 4.40 Å². The van der Waals surface area contributed by atoms with E-state index in [1.54, 1.807) is 31.4 Å². The molecule has 0 saturated carbocycles. The van der Waals surface area contributed by atoms with Gasteiger partial charge in [-0.25, -0.2) is 4.39 Å². The van der Waals surface area contributed by atoms with Crippen LogP contribution in [0.1, 0.15) is 44.6 Å². The number of thioether (sulfide) groups is 1. The van der Waals surface area contributed by atoms with Gasteiger partial charge in [-0.3, -0.25) is 9.69 Å². The molecule has 37 heavy (non-hydrogen) atoms. The van der Waals surface area contributed by atoms with Crippen LogP contribution < -0.4 is 9.47 Å². The van der Waals surface area contributed by atoms with Crippen LogP contribution in [0.5, 0.6) is 11.5 Å². The molecule has 0 aromatic heterocycles. The van der Waals surface area contributed by atoms with Crippen LogP contribution in [0.15, 0.2) is 69.3 Å². The molecule has 1 aliphatic rings. The Balaban J connectivity index is 1.84. The average Bonchev–Trinajstić information content (AvgIpc) is 3.15. The van der Waals surface area contributed by atoms with Crippen molar-refractivity contribution in [3.05, 3.63) is 71.4 Å². The lowest BCUT2D eigenvalue weighted by Gasteiger charge is -2.12. The predicted molar refractivity (Wildman–Crippen MR) is 146 cm³/mol. The molecule has 7 nitrogen and oxygen atoms in total. The number of carbonyl (C=O) groups is 1. The molecule has 2 aromatic rings. The van der Waals surface area contributed by atoms with Crippen LogP contribution >= 0.6 is 11.8 Å². The Labute approximate surface area is 222 Å². The van der Waals surface area contributed by atoms with Crippen molar-refractivity contribution >= 4 is 38.9 Å². The first-order valence-electron chi connectivity index (χ1n) is 12.0. The molecule has 0 bridgehead atoms. The minimum atomic E-state index is -4.16. The zero-order valence-electron chi connectivity index (χ0n) is 21.0. The summed E-state index contributed by atoms with van der Waals surface area (Å²) in [4.78, 5) is 14.5. The summed E-state index contributed by atoms with van der Waals surface area (Å²) >= 11 is 0.946. The molecule has 10 heteroatoms. The maximum Gasteiger partial charge on any atom is 0.284 e. The smallest absolute Gasteiger partial charge is 0.284 e. The number of nitrogens with zero attached hydrogens (tertiary/aromatic N) is 2. The standard InChI is InChI=1S/C27H31FN2O5S2/c1-4-6-7-8-9-17-35-24-18-20(10-15-23(24)34-3)19-25-26(31)30(16-5-2)27(36-25)29-37(32,33)22-13-11-21(28)12-14-22/h5,10-15,18-19H,2,4,6-9,16-17H2,1,3H3/b25-19-,29-27+. The lowest BCUT2D eigenvalue weighted by Crippen LogP contribution is -2.29. The van der Waals surface area contributed by atoms with Gasteiger partial charge in [0.05, 0.1) is 23.5 Å². The molecule has 1 saturated heterocycles. The second-order valence-corrected chi connectivity index (χ2v) is 10.9. The highest BCUT2D eigenvalue weighted by atomic mass is 32.2. The van der Waals surface area contributed by atoms with E-state index < -0.39 is 21.7 Å². The van der Waals surface area contributed by atoms with Crippen molar-refractivity contribution < 1.29 is 27.1 Å². The van der Waals surface area contributed by atoms with E-state index in [4.69, 9.17) is 9.47 Å². The van der Waals surface area contributed by atoms with Crippen molar-refractivity contribution in [2.45, 2.75) is 43.9 Å². The second kappa shape index (κ2) is 13.4. The monoisotopic (exact) mass is 546 g/mol. The fourth-order valence-corrected chi connectivity index (χ4v) is 5.75. The van der Waals surface area contributed by atoms with Gasteiger partial charge in [-0.05, 0) is 66.2 Å². The Morgan fingerprint density at radius 1 is 1.08 bits per heavy atom. The molecule has 0 atom stereocenters. The van der Waals surface area contributed by atoms with E-state index in [0.29, 0.717) is 28.6 Å². The zero-order valence-corrected chi connectivity index (χ0v) is 22.6. The second-order valence-electron chi connectivity index (χ2n) is 8.29. The van der Waals surface area contributed by atoms with Crippen LogP contribution in [-0.2, 0) is 14.8 Å². The minimum Gasteiger partial charge on any atom is -0.493 e. The van der Waals surface area contributed by atoms with Crippen molar-refractivity contribution in [1.29, 1.82) is 0 Å². The summed E-state index contributed by atoms with van der Waals surface area (Å²) in [7, 11) is -2.59. The average molecular weight is 547 g/mol. The van der Waals surface area contributed by atoms with E-state index in [2.05, 4.69) is 17.9 Å². The first-order chi connectivity index (χ1) is 17.8. The third-order valence-electron chi connectivity index (χ3n) is 5.50. The Hall–Kier alpha value is -3.11. The number of hydrogen-bond donors (Lipinski definition) is 0. The molecule has 1 fully saturated rings. The van der Waals surface area contributed by atoms with Gasteiger partial charge in [0.25, 0.3) is 15.9 Å². The first kappa shape index (κ1) is 28.5. The Morgan fingerprint density at radius 2 is 1.81 bits per heavy atom. The molecule has 1 amide bonds. The molecule has 0 spiro atoms. The maximum absolute atomic E-state index is 13.2. The molecule has 198 valence electrons. The number of ether oxygens (including phenoxy) is 2. The highest BCUT2D eigenvalue weighted by molar-refractivity contribution is 8.19. The van der Waals surface area contributed by atoms with Gasteiger partial charge in [0.2, 0.25) is 0 Å². The lowest BCUT2D eigenvalue weighted by molar-refractivity contribution is -0.121. The quantitative estimate of drug-likeness (QED) is 0.173. The Morgan fingerprint density at radius 3 is 2.49 bits per heavy atom. The van der Waals surface area contributed by atoms with E-state index in [1.807, 2.05) is 0 Å². The van der Waals surface area contributed by atoms with Gasteiger partial charge in [0.15, 0.2) is 16.7 Å². The highest BCUT2D eigenvalue weighted by Gasteiger charge is 2.34. The number of halogens is 1. The number of amides is 1. The first-order valence-corrected chi connectivity index (χ1v) is 14.3. The molecule has 0 aliphatic carbocycles. The van der Waals surface area contributed by atoms with Gasteiger partial charge in [-0.15, -0.1) is 11.0 Å². The van der Waals surface area contributed by atoms with Gasteiger partial charge < -0.3 is 9.47 Å². The summed E-state index contributed by atoms with van der Waals surface area (Å²) in [5, 5.41) is -0.00228. The normalized spacial score (nSPS) is 16.0. The van der Waals surface area contributed by atoms with Gasteiger partial charge >= 0.3 is 0 Å². The predicted octanol–water partition coefficient (Wildman–Crippen LogP) is 6.03. The number of carbonyl (C=O) groups excluding carboxylic acids is 1. The number of hydrogen-bond acceptors (Lipinski definition) is 6. The number of methoxy groups -OCH3 is 1. The Kier molecular flexibility index (Phi) is 10.3. The summed E-state index contributed by atoms with van der Waals surface area (Å²) in [6.07, 6.45) is 8.72. The van der Waals surface area contributed by atoms with Crippen LogP contribution in [0.25, 0.3) is 6.08 Å². The molecule has 0 radical (unpaired) electrons. The Bertz CT molecular complexity index is 1270. The zero-order chi connectivity index (χ0) is 26.8. The maximum atomic E-state index is 13.2. The summed E-state index contributed by atoms with van der Waals surface area (Å²) in [5.74, 6) is 0.197. The van der Waals surface area contributed by atoms with Gasteiger partial charge in [-0.1, -0.05) is 44.7 Å². The van der Waals surface area contributed by atoms with Crippen molar-refractivity contribution in [1.82, 2.24) is 4.90 Å². The van der Waals surface area contributed by atoms with Crippen molar-refractivity contribution in [3.8, 4) is 11.5 Å². The topological polar surface area (TPSA) is 85.3 Å². The molecular formula is C27H31FN2O5S2. The van der Waals surface area contributed by atoms with Crippen molar-refractivity contribution in [2.75, 3.05) is 20.3 Å². The third kappa shape index (κ3) is 7.69. The van der Waals surface area contributed by atoms with E-state index in [0.717, 1.165) is 48.9 Å². The fraction of sp³-hybridized carbons (Fsp3) is 0.333. The summed E-state index contributed by atoms with van der Waals surface area (Å²) in [6, 6.07) is 9.69. The van der Waals surface area contributed by atoms with E-state index >= 15 is 0 Å². The molecular weight excluding hydrogens is 515 g/mol. The van der Waals surface area contributed by atoms with E-state index in [1.165, 1.54) is 30.2 Å². The number of sulfonamides is 1. The van der Waals surface area contributed by atoms with E-state index in [9.17, 15) is 17.6 Å². The third-order valence-corrected chi connectivity index (χ3v) is 7.90. The fourth-order valence-electron chi connectivity index (χ4n) is 3.56. The van der Waals surface area contributed by atoms with Crippen LogP contribution in [0, 0.1) is 5.82 Å². The SMILES string of the molecule is C=CCN1C(=O)/C(=C/c2ccc(OC)c(OCCCCCCC)c2)S/C1=N/S(=O)(=O)c1ccc(F)cc1. The molecule has 1 aliphatic heterocycles. The van der Waals surface area contributed by atoms with Crippen LogP contribution in [0.3, 0.4) is 0 Å². The molecule has 1 heterocycles. The van der Waals surface area contributed by atoms with Crippen molar-refractivity contribution in [3.63, 3.8) is 0 Å². The van der Waals surface area contributed by atoms with Gasteiger partial charge in [0.1, 0.15) is 5.82 Å². The minimum absolute atomic E-state index is 0.00228. The number of unbranched alkanes of at least 4 members (excludes halogenated alkanes) is 4. The summed E-state index contributed by atoms with van der Waals surface area (Å²) < 4.78 is 54.0.